The number of fused-ring (bicyclic) bond motifs is 1. The second-order valence-corrected chi connectivity index (χ2v) is 10.3. The molecule has 0 saturated heterocycles. The fourth-order valence-electron chi connectivity index (χ4n) is 3.53. The van der Waals surface area contributed by atoms with Crippen molar-refractivity contribution in [2.24, 2.45) is 0 Å². The zero-order valence-electron chi connectivity index (χ0n) is 20.4. The van der Waals surface area contributed by atoms with Crippen molar-refractivity contribution in [3.8, 4) is 17.2 Å². The number of carbonyl (C=O) groups is 1. The lowest BCUT2D eigenvalue weighted by molar-refractivity contribution is -0.119. The molecule has 1 amide bonds. The number of amides is 1. The molecule has 0 aliphatic carbocycles. The number of nitrogen functional groups attached to an aromatic ring is 1. The van der Waals surface area contributed by atoms with Crippen molar-refractivity contribution in [3.05, 3.63) is 59.4 Å². The van der Waals surface area contributed by atoms with Crippen molar-refractivity contribution in [2.45, 2.75) is 50.9 Å². The summed E-state index contributed by atoms with van der Waals surface area (Å²) in [5, 5.41) is 11.6. The summed E-state index contributed by atoms with van der Waals surface area (Å²) in [7, 11) is 0. The molecule has 3 N–H and O–H groups in total. The number of ether oxygens (including phenoxy) is 3. The summed E-state index contributed by atoms with van der Waals surface area (Å²) in [4.78, 5) is 12.5. The van der Waals surface area contributed by atoms with Crippen molar-refractivity contribution in [1.82, 2.24) is 20.2 Å². The van der Waals surface area contributed by atoms with Gasteiger partial charge in [0.1, 0.15) is 25.6 Å². The molecule has 0 bridgehead atoms. The topological polar surface area (TPSA) is 114 Å². The first kappa shape index (κ1) is 24.7. The van der Waals surface area contributed by atoms with E-state index in [4.69, 9.17) is 20.1 Å². The third-order valence-corrected chi connectivity index (χ3v) is 6.54. The molecular formula is C25H31N5O4S. The molecule has 1 atom stereocenters. The van der Waals surface area contributed by atoms with Gasteiger partial charge in [0, 0.05) is 0 Å². The lowest BCUT2D eigenvalue weighted by Crippen LogP contribution is -2.28. The minimum Gasteiger partial charge on any atom is -0.486 e. The van der Waals surface area contributed by atoms with Crippen LogP contribution in [0.4, 0.5) is 0 Å². The van der Waals surface area contributed by atoms with Crippen LogP contribution in [-0.4, -0.2) is 39.7 Å². The molecule has 1 aliphatic rings. The normalized spacial score (nSPS) is 13.8. The number of nitrogens with zero attached hydrogens (tertiary/aromatic N) is 3. The summed E-state index contributed by atoms with van der Waals surface area (Å²) < 4.78 is 18.3. The first-order valence-electron chi connectivity index (χ1n) is 11.4. The van der Waals surface area contributed by atoms with Crippen LogP contribution in [0, 0.1) is 0 Å². The van der Waals surface area contributed by atoms with Crippen LogP contribution >= 0.6 is 11.8 Å². The highest BCUT2D eigenvalue weighted by atomic mass is 32.2. The standard InChI is InChI=1S/C25H31N5O4S/c1-16(17-5-10-20-21(13-17)33-12-11-32-20)27-23(31)15-35-24-29-28-22(30(24)26)14-34-19-8-6-18(7-9-19)25(2,3)4/h5-10,13,16H,11-12,14-15,26H2,1-4H3,(H,27,31). The van der Waals surface area contributed by atoms with Gasteiger partial charge in [-0.3, -0.25) is 4.79 Å². The van der Waals surface area contributed by atoms with Gasteiger partial charge in [-0.2, -0.15) is 0 Å². The summed E-state index contributed by atoms with van der Waals surface area (Å²) >= 11 is 1.21. The Labute approximate surface area is 209 Å². The molecule has 0 radical (unpaired) electrons. The molecule has 1 aliphatic heterocycles. The maximum absolute atomic E-state index is 12.5. The summed E-state index contributed by atoms with van der Waals surface area (Å²) in [6.07, 6.45) is 0. The second kappa shape index (κ2) is 10.5. The van der Waals surface area contributed by atoms with E-state index >= 15 is 0 Å². The molecule has 1 aromatic heterocycles. The van der Waals surface area contributed by atoms with E-state index in [1.165, 1.54) is 22.0 Å². The van der Waals surface area contributed by atoms with Gasteiger partial charge in [-0.05, 0) is 47.7 Å². The Morgan fingerprint density at radius 2 is 1.86 bits per heavy atom. The van der Waals surface area contributed by atoms with Crippen LogP contribution in [0.1, 0.15) is 50.7 Å². The fourth-order valence-corrected chi connectivity index (χ4v) is 4.22. The number of aromatic nitrogens is 3. The molecule has 1 unspecified atom stereocenters. The Kier molecular flexibility index (Phi) is 7.39. The third kappa shape index (κ3) is 6.19. The Morgan fingerprint density at radius 3 is 2.57 bits per heavy atom. The van der Waals surface area contributed by atoms with Gasteiger partial charge in [0.2, 0.25) is 11.1 Å². The quantitative estimate of drug-likeness (QED) is 0.358. The Balaban J connectivity index is 1.27. The summed E-state index contributed by atoms with van der Waals surface area (Å²) in [6.45, 7) is 9.65. The third-order valence-electron chi connectivity index (χ3n) is 5.60. The van der Waals surface area contributed by atoms with Crippen LogP contribution in [0.5, 0.6) is 17.2 Å². The van der Waals surface area contributed by atoms with Crippen LogP contribution in [0.2, 0.25) is 0 Å². The van der Waals surface area contributed by atoms with E-state index in [9.17, 15) is 4.79 Å². The Hall–Kier alpha value is -3.40. The van der Waals surface area contributed by atoms with E-state index in [-0.39, 0.29) is 29.7 Å². The highest BCUT2D eigenvalue weighted by Crippen LogP contribution is 2.32. The van der Waals surface area contributed by atoms with E-state index in [1.54, 1.807) is 0 Å². The highest BCUT2D eigenvalue weighted by molar-refractivity contribution is 7.99. The predicted molar refractivity (Wildman–Crippen MR) is 134 cm³/mol. The van der Waals surface area contributed by atoms with Crippen molar-refractivity contribution in [1.29, 1.82) is 0 Å². The van der Waals surface area contributed by atoms with Gasteiger partial charge in [-0.1, -0.05) is 50.7 Å². The molecule has 0 spiro atoms. The van der Waals surface area contributed by atoms with Crippen LogP contribution < -0.4 is 25.4 Å². The summed E-state index contributed by atoms with van der Waals surface area (Å²) in [6, 6.07) is 13.4. The van der Waals surface area contributed by atoms with Crippen molar-refractivity contribution in [3.63, 3.8) is 0 Å². The lowest BCUT2D eigenvalue weighted by Gasteiger charge is -2.21. The van der Waals surface area contributed by atoms with Gasteiger partial charge < -0.3 is 25.4 Å². The molecule has 4 rings (SSSR count). The monoisotopic (exact) mass is 497 g/mol. The van der Waals surface area contributed by atoms with Gasteiger partial charge in [-0.15, -0.1) is 10.2 Å². The molecule has 3 aromatic rings. The number of thioether (sulfide) groups is 1. The number of rotatable bonds is 8. The Morgan fingerprint density at radius 1 is 1.14 bits per heavy atom. The summed E-state index contributed by atoms with van der Waals surface area (Å²) in [5.74, 6) is 8.75. The molecule has 2 heterocycles. The van der Waals surface area contributed by atoms with Crippen LogP contribution in [-0.2, 0) is 16.8 Å². The van der Waals surface area contributed by atoms with Gasteiger partial charge in [0.25, 0.3) is 0 Å². The average Bonchev–Trinajstić information content (AvgIpc) is 3.20. The minimum atomic E-state index is -0.191. The largest absolute Gasteiger partial charge is 0.486 e. The maximum Gasteiger partial charge on any atom is 0.230 e. The molecule has 9 nitrogen and oxygen atoms in total. The van der Waals surface area contributed by atoms with E-state index in [1.807, 2.05) is 49.4 Å². The van der Waals surface area contributed by atoms with E-state index in [0.717, 1.165) is 17.1 Å². The second-order valence-electron chi connectivity index (χ2n) is 9.31. The zero-order valence-corrected chi connectivity index (χ0v) is 21.2. The first-order chi connectivity index (χ1) is 16.7. The molecule has 10 heteroatoms. The summed E-state index contributed by atoms with van der Waals surface area (Å²) in [5.41, 5.74) is 2.24. The molecule has 0 fully saturated rings. The van der Waals surface area contributed by atoms with Crippen LogP contribution in [0.3, 0.4) is 0 Å². The molecule has 0 saturated carbocycles. The fraction of sp³-hybridized carbons (Fsp3) is 0.400. The first-order valence-corrected chi connectivity index (χ1v) is 12.4. The van der Waals surface area contributed by atoms with Crippen LogP contribution in [0.15, 0.2) is 47.6 Å². The number of nitrogens with two attached hydrogens (primary N) is 1. The van der Waals surface area contributed by atoms with E-state index < -0.39 is 0 Å². The van der Waals surface area contributed by atoms with E-state index in [0.29, 0.717) is 29.9 Å². The van der Waals surface area contributed by atoms with Crippen molar-refractivity contribution in [2.75, 3.05) is 24.8 Å². The molecule has 186 valence electrons. The van der Waals surface area contributed by atoms with E-state index in [2.05, 4.69) is 36.3 Å². The predicted octanol–water partition coefficient (Wildman–Crippen LogP) is 3.61. The minimum absolute atomic E-state index is 0.0794. The number of hydrogen-bond donors (Lipinski definition) is 2. The molecule has 35 heavy (non-hydrogen) atoms. The highest BCUT2D eigenvalue weighted by Gasteiger charge is 2.18. The Bertz CT molecular complexity index is 1170. The zero-order chi connectivity index (χ0) is 25.0. The van der Waals surface area contributed by atoms with Crippen molar-refractivity contribution < 1.29 is 19.0 Å². The lowest BCUT2D eigenvalue weighted by atomic mass is 9.87. The number of carbonyl (C=O) groups excluding carboxylic acids is 1. The average molecular weight is 498 g/mol. The maximum atomic E-state index is 12.5. The van der Waals surface area contributed by atoms with Gasteiger partial charge in [0.15, 0.2) is 17.3 Å². The van der Waals surface area contributed by atoms with Gasteiger partial charge >= 0.3 is 0 Å². The number of hydrogen-bond acceptors (Lipinski definition) is 8. The van der Waals surface area contributed by atoms with Crippen molar-refractivity contribution >= 4 is 17.7 Å². The van der Waals surface area contributed by atoms with Gasteiger partial charge in [0.05, 0.1) is 11.8 Å². The SMILES string of the molecule is CC(NC(=O)CSc1nnc(COc2ccc(C(C)(C)C)cc2)n1N)c1ccc2c(c1)OCCO2. The number of nitrogens with one attached hydrogen (secondary N) is 1. The number of benzene rings is 2. The molecule has 2 aromatic carbocycles. The molecular weight excluding hydrogens is 466 g/mol. The smallest absolute Gasteiger partial charge is 0.230 e. The van der Waals surface area contributed by atoms with Gasteiger partial charge in [-0.25, -0.2) is 4.68 Å². The van der Waals surface area contributed by atoms with Crippen LogP contribution in [0.25, 0.3) is 0 Å².